The van der Waals surface area contributed by atoms with E-state index >= 15 is 0 Å². The molecule has 2 amide bonds. The van der Waals surface area contributed by atoms with Gasteiger partial charge in [-0.25, -0.2) is 9.78 Å². The molecule has 0 radical (unpaired) electrons. The number of hydrogen-bond acceptors (Lipinski definition) is 7. The number of benzene rings is 4. The lowest BCUT2D eigenvalue weighted by Gasteiger charge is -2.28. The molecule has 54 heavy (non-hydrogen) atoms. The first-order valence-electron chi connectivity index (χ1n) is 18.0. The van der Waals surface area contributed by atoms with Crippen LogP contribution in [0.1, 0.15) is 52.1 Å². The third-order valence-corrected chi connectivity index (χ3v) is 14.7. The van der Waals surface area contributed by atoms with Gasteiger partial charge in [-0.2, -0.15) is 0 Å². The first kappa shape index (κ1) is 36.8. The minimum atomic E-state index is -1.07. The molecular formula is C43H35Br3N2O6. The smallest absolute Gasteiger partial charge is 0.339 e. The summed E-state index contributed by atoms with van der Waals surface area (Å²) in [5, 5.41) is 0.593. The second kappa shape index (κ2) is 14.8. The molecule has 2 heterocycles. The Morgan fingerprint density at radius 2 is 1.52 bits per heavy atom. The van der Waals surface area contributed by atoms with E-state index in [0.29, 0.717) is 52.2 Å². The molecule has 7 unspecified atom stereocenters. The van der Waals surface area contributed by atoms with Crippen molar-refractivity contribution in [2.24, 2.45) is 23.7 Å². The van der Waals surface area contributed by atoms with Crippen molar-refractivity contribution in [1.29, 1.82) is 0 Å². The van der Waals surface area contributed by atoms with Crippen molar-refractivity contribution in [3.05, 3.63) is 124 Å². The van der Waals surface area contributed by atoms with Gasteiger partial charge in [0, 0.05) is 30.6 Å². The highest BCUT2D eigenvalue weighted by molar-refractivity contribution is 9.12. The molecule has 5 aromatic rings. The van der Waals surface area contributed by atoms with E-state index in [9.17, 15) is 19.2 Å². The van der Waals surface area contributed by atoms with E-state index in [0.717, 1.165) is 22.0 Å². The number of pyridine rings is 1. The fourth-order valence-electron chi connectivity index (χ4n) is 8.30. The Morgan fingerprint density at radius 1 is 0.870 bits per heavy atom. The van der Waals surface area contributed by atoms with Crippen LogP contribution >= 0.6 is 47.8 Å². The number of rotatable bonds is 10. The molecule has 2 bridgehead atoms. The summed E-state index contributed by atoms with van der Waals surface area (Å²) in [7, 11) is 0. The van der Waals surface area contributed by atoms with Crippen molar-refractivity contribution in [2.45, 2.75) is 49.1 Å². The SMILES string of the molecule is CCc1cc(Br)cc2c(C(=O)OC(C)C(=O)c3ccc(OCc4ccccc4)cc3)cc(-c3ccc(N4C(=O)C5C6CC(C(Br)C6Br)C5C4=O)cc3)nc12. The molecule has 2 saturated carbocycles. The number of nitrogens with zero attached hydrogens (tertiary/aromatic N) is 2. The molecule has 7 atom stereocenters. The number of hydrogen-bond donors (Lipinski definition) is 0. The third kappa shape index (κ3) is 6.51. The summed E-state index contributed by atoms with van der Waals surface area (Å²) in [6.45, 7) is 3.98. The van der Waals surface area contributed by atoms with Gasteiger partial charge < -0.3 is 9.47 Å². The number of carbonyl (C=O) groups excluding carboxylic acids is 4. The molecule has 0 spiro atoms. The average Bonchev–Trinajstić information content (AvgIpc) is 3.81. The highest BCUT2D eigenvalue weighted by Gasteiger charge is 2.66. The van der Waals surface area contributed by atoms with Crippen LogP contribution in [0.2, 0.25) is 0 Å². The lowest BCUT2D eigenvalue weighted by Crippen LogP contribution is -2.37. The number of aromatic nitrogens is 1. The topological polar surface area (TPSA) is 103 Å². The van der Waals surface area contributed by atoms with Gasteiger partial charge in [0.15, 0.2) is 6.10 Å². The number of amides is 2. The first-order valence-corrected chi connectivity index (χ1v) is 20.6. The van der Waals surface area contributed by atoms with Crippen molar-refractivity contribution < 1.29 is 28.7 Å². The van der Waals surface area contributed by atoms with E-state index in [2.05, 4.69) is 47.8 Å². The van der Waals surface area contributed by atoms with Crippen LogP contribution in [0.3, 0.4) is 0 Å². The summed E-state index contributed by atoms with van der Waals surface area (Å²) in [6, 6.07) is 29.2. The number of alkyl halides is 2. The normalized spacial score (nSPS) is 23.5. The van der Waals surface area contributed by atoms with E-state index in [1.807, 2.05) is 61.5 Å². The monoisotopic (exact) mass is 912 g/mol. The quantitative estimate of drug-likeness (QED) is 0.0596. The molecule has 4 aromatic carbocycles. The zero-order chi connectivity index (χ0) is 37.8. The maximum atomic E-state index is 13.9. The predicted molar refractivity (Wildman–Crippen MR) is 217 cm³/mol. The second-order valence-electron chi connectivity index (χ2n) is 14.1. The summed E-state index contributed by atoms with van der Waals surface area (Å²) in [6.07, 6.45) is 0.459. The predicted octanol–water partition coefficient (Wildman–Crippen LogP) is 9.52. The van der Waals surface area contributed by atoms with E-state index in [1.165, 1.54) is 4.90 Å². The van der Waals surface area contributed by atoms with Crippen molar-refractivity contribution in [3.63, 3.8) is 0 Å². The van der Waals surface area contributed by atoms with Crippen LogP contribution in [-0.4, -0.2) is 44.3 Å². The van der Waals surface area contributed by atoms with Gasteiger partial charge in [-0.1, -0.05) is 97.2 Å². The van der Waals surface area contributed by atoms with Crippen molar-refractivity contribution in [2.75, 3.05) is 4.90 Å². The van der Waals surface area contributed by atoms with Crippen molar-refractivity contribution in [1.82, 2.24) is 4.98 Å². The zero-order valence-electron chi connectivity index (χ0n) is 29.4. The number of anilines is 1. The van der Waals surface area contributed by atoms with Crippen LogP contribution in [0.15, 0.2) is 102 Å². The van der Waals surface area contributed by atoms with Crippen LogP contribution in [-0.2, 0) is 27.4 Å². The van der Waals surface area contributed by atoms with Gasteiger partial charge >= 0.3 is 5.97 Å². The molecule has 1 saturated heterocycles. The Hall–Kier alpha value is -4.19. The fourth-order valence-corrected chi connectivity index (χ4v) is 10.7. The van der Waals surface area contributed by atoms with E-state index < -0.39 is 12.1 Å². The Kier molecular flexibility index (Phi) is 10.1. The molecule has 1 aromatic heterocycles. The minimum absolute atomic E-state index is 0.126. The van der Waals surface area contributed by atoms with Gasteiger partial charge in [0.2, 0.25) is 17.6 Å². The maximum absolute atomic E-state index is 13.9. The number of aryl methyl sites for hydroxylation is 1. The molecule has 274 valence electrons. The second-order valence-corrected chi connectivity index (χ2v) is 17.2. The van der Waals surface area contributed by atoms with Crippen LogP contribution in [0.25, 0.3) is 22.2 Å². The summed E-state index contributed by atoms with van der Waals surface area (Å²) in [5.74, 6) is -1.03. The highest BCUT2D eigenvalue weighted by atomic mass is 79.9. The molecule has 8 rings (SSSR count). The van der Waals surface area contributed by atoms with Gasteiger partial charge in [0.05, 0.1) is 34.3 Å². The summed E-state index contributed by atoms with van der Waals surface area (Å²) in [4.78, 5) is 61.3. The Labute approximate surface area is 338 Å². The van der Waals surface area contributed by atoms with Gasteiger partial charge in [-0.3, -0.25) is 19.3 Å². The molecule has 3 aliphatic rings. The summed E-state index contributed by atoms with van der Waals surface area (Å²) < 4.78 is 12.5. The number of esters is 1. The molecule has 1 aliphatic heterocycles. The zero-order valence-corrected chi connectivity index (χ0v) is 34.1. The standard InChI is InChI=1S/C43H35Br3N2O6/c1-3-24-17-27(44)18-30-31(43(52)54-22(2)40(49)26-11-15-29(16-12-26)53-21-23-7-5-4-6-8-23)20-34(47-39(24)30)25-9-13-28(14-10-25)48-41(50)35-32-19-33(36(35)42(48)51)38(46)37(32)45/h4-18,20,22,32-33,35-38H,3,19,21H2,1-2H3. The Balaban J connectivity index is 1.03. The molecule has 3 fully saturated rings. The summed E-state index contributed by atoms with van der Waals surface area (Å²) in [5.41, 5.74) is 4.98. The number of Topliss-reactive ketones (excluding diaryl/α,β-unsaturated/α-hetero) is 1. The van der Waals surface area contributed by atoms with E-state index in [1.54, 1.807) is 49.4 Å². The molecular weight excluding hydrogens is 880 g/mol. The Bertz CT molecular complexity index is 2270. The summed E-state index contributed by atoms with van der Waals surface area (Å²) >= 11 is 11.1. The maximum Gasteiger partial charge on any atom is 0.339 e. The molecule has 2 aliphatic carbocycles. The van der Waals surface area contributed by atoms with Crippen molar-refractivity contribution >= 4 is 87.9 Å². The van der Waals surface area contributed by atoms with Crippen LogP contribution in [0.5, 0.6) is 5.75 Å². The highest BCUT2D eigenvalue weighted by Crippen LogP contribution is 2.60. The molecule has 11 heteroatoms. The van der Waals surface area contributed by atoms with Gasteiger partial charge in [-0.05, 0) is 97.3 Å². The number of halogens is 3. The molecule has 0 N–H and O–H groups in total. The number of carbonyl (C=O) groups is 4. The largest absolute Gasteiger partial charge is 0.489 e. The van der Waals surface area contributed by atoms with Gasteiger partial charge in [0.25, 0.3) is 0 Å². The van der Waals surface area contributed by atoms with E-state index in [-0.39, 0.29) is 56.5 Å². The van der Waals surface area contributed by atoms with E-state index in [4.69, 9.17) is 14.5 Å². The lowest BCUT2D eigenvalue weighted by atomic mass is 9.81. The lowest BCUT2D eigenvalue weighted by molar-refractivity contribution is -0.123. The Morgan fingerprint density at radius 3 is 2.15 bits per heavy atom. The van der Waals surface area contributed by atoms with Gasteiger partial charge in [0.1, 0.15) is 12.4 Å². The molecule has 8 nitrogen and oxygen atoms in total. The minimum Gasteiger partial charge on any atom is -0.489 e. The number of ketones is 1. The third-order valence-electron chi connectivity index (χ3n) is 11.0. The van der Waals surface area contributed by atoms with Crippen LogP contribution in [0.4, 0.5) is 5.69 Å². The number of fused-ring (bicyclic) bond motifs is 6. The van der Waals surface area contributed by atoms with Crippen molar-refractivity contribution in [3.8, 4) is 17.0 Å². The average molecular weight is 915 g/mol. The van der Waals surface area contributed by atoms with Crippen LogP contribution < -0.4 is 9.64 Å². The number of ether oxygens (including phenoxy) is 2. The first-order chi connectivity index (χ1) is 26.0. The fraction of sp³-hybridized carbons (Fsp3) is 0.279. The number of imide groups is 1. The van der Waals surface area contributed by atoms with Gasteiger partial charge in [-0.15, -0.1) is 0 Å². The van der Waals surface area contributed by atoms with Crippen LogP contribution in [0, 0.1) is 23.7 Å².